The fraction of sp³-hybridized carbons (Fsp3) is 0.600. The van der Waals surface area contributed by atoms with E-state index in [9.17, 15) is 18.0 Å². The van der Waals surface area contributed by atoms with Gasteiger partial charge in [-0.2, -0.15) is 4.31 Å². The Morgan fingerprint density at radius 2 is 2.00 bits per heavy atom. The van der Waals surface area contributed by atoms with Crippen LogP contribution in [-0.2, 0) is 19.6 Å². The smallest absolute Gasteiger partial charge is 0.306 e. The Balaban J connectivity index is 1.73. The molecule has 1 aliphatic heterocycles. The summed E-state index contributed by atoms with van der Waals surface area (Å²) in [5, 5.41) is 13.4. The van der Waals surface area contributed by atoms with E-state index in [2.05, 4.69) is 5.32 Å². The summed E-state index contributed by atoms with van der Waals surface area (Å²) in [6, 6.07) is 1.20. The average molecular weight is 388 g/mol. The van der Waals surface area contributed by atoms with E-state index >= 15 is 0 Å². The van der Waals surface area contributed by atoms with Gasteiger partial charge in [0, 0.05) is 19.1 Å². The number of carboxylic acids is 1. The summed E-state index contributed by atoms with van der Waals surface area (Å²) in [7, 11) is -3.74. The van der Waals surface area contributed by atoms with Crippen molar-refractivity contribution in [1.82, 2.24) is 9.62 Å². The Kier molecular flexibility index (Phi) is 5.42. The van der Waals surface area contributed by atoms with E-state index in [1.807, 2.05) is 0 Å². The van der Waals surface area contributed by atoms with E-state index < -0.39 is 27.8 Å². The van der Waals surface area contributed by atoms with Gasteiger partial charge in [0.2, 0.25) is 10.0 Å². The molecule has 0 aromatic carbocycles. The zero-order valence-electron chi connectivity index (χ0n) is 13.5. The van der Waals surface area contributed by atoms with Crippen LogP contribution in [0, 0.1) is 5.92 Å². The molecule has 1 aromatic heterocycles. The van der Waals surface area contributed by atoms with E-state index in [0.717, 1.165) is 11.3 Å². The zero-order chi connectivity index (χ0) is 18.0. The van der Waals surface area contributed by atoms with Crippen LogP contribution in [0.5, 0.6) is 0 Å². The standard InChI is InChI=1S/C15H20N2O6S2/c18-14(16-11-2-1-10(9-11)15(19)20)13-12(3-8-24-13)25(21,22)17-4-6-23-7-5-17/h3,8,10-11H,1-2,4-7,9H2,(H,16,18)(H,19,20)/t10-,11+/m1/s1. The Morgan fingerprint density at radius 3 is 2.64 bits per heavy atom. The van der Waals surface area contributed by atoms with Gasteiger partial charge in [-0.1, -0.05) is 0 Å². The first-order valence-corrected chi connectivity index (χ1v) is 10.4. The normalized spacial score (nSPS) is 25.0. The third-order valence-corrected chi connectivity index (χ3v) is 7.52. The summed E-state index contributed by atoms with van der Waals surface area (Å²) in [6.07, 6.45) is 1.47. The Labute approximate surface area is 149 Å². The molecule has 0 spiro atoms. The number of thiophene rings is 1. The number of hydrogen-bond donors (Lipinski definition) is 2. The number of carbonyl (C=O) groups excluding carboxylic acids is 1. The van der Waals surface area contributed by atoms with E-state index in [0.29, 0.717) is 32.5 Å². The SMILES string of the molecule is O=C(N[C@H]1CC[C@@H](C(=O)O)C1)c1sccc1S(=O)(=O)N1CCOCC1. The third kappa shape index (κ3) is 3.86. The lowest BCUT2D eigenvalue weighted by atomic mass is 10.1. The minimum atomic E-state index is -3.74. The van der Waals surface area contributed by atoms with Crippen LogP contribution in [0.2, 0.25) is 0 Å². The molecule has 1 aromatic rings. The van der Waals surface area contributed by atoms with Gasteiger partial charge in [-0.3, -0.25) is 9.59 Å². The maximum absolute atomic E-state index is 12.8. The van der Waals surface area contributed by atoms with Crippen molar-refractivity contribution in [2.24, 2.45) is 5.92 Å². The highest BCUT2D eigenvalue weighted by atomic mass is 32.2. The minimum Gasteiger partial charge on any atom is -0.481 e. The second-order valence-electron chi connectivity index (χ2n) is 6.15. The van der Waals surface area contributed by atoms with Crippen molar-refractivity contribution in [3.63, 3.8) is 0 Å². The predicted molar refractivity (Wildman–Crippen MR) is 90.1 cm³/mol. The van der Waals surface area contributed by atoms with Gasteiger partial charge in [0.1, 0.15) is 9.77 Å². The molecule has 1 amide bonds. The lowest BCUT2D eigenvalue weighted by Gasteiger charge is -2.26. The number of nitrogens with zero attached hydrogens (tertiary/aromatic N) is 1. The predicted octanol–water partition coefficient (Wildman–Crippen LogP) is 0.752. The first-order valence-electron chi connectivity index (χ1n) is 8.08. The Hall–Kier alpha value is -1.49. The van der Waals surface area contributed by atoms with Crippen molar-refractivity contribution in [2.75, 3.05) is 26.3 Å². The third-order valence-electron chi connectivity index (χ3n) is 4.54. The van der Waals surface area contributed by atoms with Crippen LogP contribution in [0.25, 0.3) is 0 Å². The van der Waals surface area contributed by atoms with Gasteiger partial charge in [-0.05, 0) is 30.7 Å². The molecule has 3 rings (SSSR count). The van der Waals surface area contributed by atoms with Crippen LogP contribution in [0.15, 0.2) is 16.3 Å². The molecule has 2 aliphatic rings. The summed E-state index contributed by atoms with van der Waals surface area (Å²) >= 11 is 1.07. The van der Waals surface area contributed by atoms with E-state index in [4.69, 9.17) is 9.84 Å². The molecule has 0 unspecified atom stereocenters. The highest BCUT2D eigenvalue weighted by molar-refractivity contribution is 7.89. The van der Waals surface area contributed by atoms with E-state index in [1.54, 1.807) is 5.38 Å². The number of morpholine rings is 1. The number of sulfonamides is 1. The molecule has 0 radical (unpaired) electrons. The molecule has 0 bridgehead atoms. The number of ether oxygens (including phenoxy) is 1. The Morgan fingerprint density at radius 1 is 1.28 bits per heavy atom. The maximum Gasteiger partial charge on any atom is 0.306 e. The average Bonchev–Trinajstić information content (AvgIpc) is 3.25. The van der Waals surface area contributed by atoms with Gasteiger partial charge >= 0.3 is 5.97 Å². The molecular formula is C15H20N2O6S2. The van der Waals surface area contributed by atoms with Crippen molar-refractivity contribution in [1.29, 1.82) is 0 Å². The summed E-state index contributed by atoms with van der Waals surface area (Å²) in [5.74, 6) is -1.77. The van der Waals surface area contributed by atoms with Gasteiger partial charge < -0.3 is 15.2 Å². The van der Waals surface area contributed by atoms with Crippen LogP contribution >= 0.6 is 11.3 Å². The van der Waals surface area contributed by atoms with Gasteiger partial charge in [0.25, 0.3) is 5.91 Å². The van der Waals surface area contributed by atoms with Crippen LogP contribution in [-0.4, -0.2) is 62.1 Å². The fourth-order valence-electron chi connectivity index (χ4n) is 3.18. The zero-order valence-corrected chi connectivity index (χ0v) is 15.1. The highest BCUT2D eigenvalue weighted by Crippen LogP contribution is 2.29. The second kappa shape index (κ2) is 7.40. The summed E-state index contributed by atoms with van der Waals surface area (Å²) < 4.78 is 32.0. The molecule has 1 saturated carbocycles. The second-order valence-corrected chi connectivity index (χ2v) is 8.97. The number of carboxylic acid groups (broad SMARTS) is 1. The van der Waals surface area contributed by atoms with E-state index in [-0.39, 0.29) is 28.9 Å². The molecule has 2 heterocycles. The highest BCUT2D eigenvalue weighted by Gasteiger charge is 2.34. The minimum absolute atomic E-state index is 0.00433. The van der Waals surface area contributed by atoms with Gasteiger partial charge in [-0.15, -0.1) is 11.3 Å². The maximum atomic E-state index is 12.8. The molecule has 2 fully saturated rings. The van der Waals surface area contributed by atoms with E-state index in [1.165, 1.54) is 10.4 Å². The van der Waals surface area contributed by atoms with Crippen molar-refractivity contribution in [3.05, 3.63) is 16.3 Å². The largest absolute Gasteiger partial charge is 0.481 e. The van der Waals surface area contributed by atoms with Crippen molar-refractivity contribution >= 4 is 33.2 Å². The lowest BCUT2D eigenvalue weighted by Crippen LogP contribution is -2.41. The lowest BCUT2D eigenvalue weighted by molar-refractivity contribution is -0.141. The van der Waals surface area contributed by atoms with Crippen LogP contribution in [0.3, 0.4) is 0 Å². The fourth-order valence-corrected chi connectivity index (χ4v) is 5.89. The summed E-state index contributed by atoms with van der Waals surface area (Å²) in [5.41, 5.74) is 0. The molecule has 2 atom stereocenters. The van der Waals surface area contributed by atoms with Crippen LogP contribution in [0.1, 0.15) is 28.9 Å². The number of aliphatic carboxylic acids is 1. The molecule has 10 heteroatoms. The quantitative estimate of drug-likeness (QED) is 0.770. The van der Waals surface area contributed by atoms with Crippen molar-refractivity contribution in [3.8, 4) is 0 Å². The van der Waals surface area contributed by atoms with Gasteiger partial charge in [0.05, 0.1) is 19.1 Å². The summed E-state index contributed by atoms with van der Waals surface area (Å²) in [4.78, 5) is 23.7. The van der Waals surface area contributed by atoms with Crippen molar-refractivity contribution in [2.45, 2.75) is 30.2 Å². The number of hydrogen-bond acceptors (Lipinski definition) is 6. The molecule has 1 saturated heterocycles. The topological polar surface area (TPSA) is 113 Å². The molecule has 1 aliphatic carbocycles. The molecule has 2 N–H and O–H groups in total. The van der Waals surface area contributed by atoms with Crippen molar-refractivity contribution < 1.29 is 27.9 Å². The van der Waals surface area contributed by atoms with Crippen LogP contribution < -0.4 is 5.32 Å². The molecule has 138 valence electrons. The number of carbonyl (C=O) groups is 2. The van der Waals surface area contributed by atoms with Gasteiger partial charge in [-0.25, -0.2) is 8.42 Å². The first kappa shape index (κ1) is 18.3. The van der Waals surface area contributed by atoms with Gasteiger partial charge in [0.15, 0.2) is 0 Å². The Bertz CT molecular complexity index is 754. The number of rotatable bonds is 5. The van der Waals surface area contributed by atoms with Crippen LogP contribution in [0.4, 0.5) is 0 Å². The number of nitrogens with one attached hydrogen (secondary N) is 1. The molecular weight excluding hydrogens is 368 g/mol. The monoisotopic (exact) mass is 388 g/mol. The number of amides is 1. The first-order chi connectivity index (χ1) is 11.9. The molecule has 8 nitrogen and oxygen atoms in total. The molecule has 25 heavy (non-hydrogen) atoms. The summed E-state index contributed by atoms with van der Waals surface area (Å²) in [6.45, 7) is 1.21.